The van der Waals surface area contributed by atoms with Crippen molar-refractivity contribution in [3.63, 3.8) is 0 Å². The zero-order chi connectivity index (χ0) is 13.5. The molecule has 0 unspecified atom stereocenters. The quantitative estimate of drug-likeness (QED) is 0.768. The second-order valence-corrected chi connectivity index (χ2v) is 5.66. The number of aromatic nitrogens is 1. The molecule has 0 spiro atoms. The van der Waals surface area contributed by atoms with Crippen LogP contribution < -0.4 is 5.32 Å². The van der Waals surface area contributed by atoms with Crippen molar-refractivity contribution in [2.75, 3.05) is 0 Å². The first-order valence-corrected chi connectivity index (χ1v) is 5.98. The van der Waals surface area contributed by atoms with Crippen molar-refractivity contribution in [1.82, 2.24) is 9.88 Å². The zero-order valence-electron chi connectivity index (χ0n) is 10.5. The molecule has 1 amide bonds. The fourth-order valence-corrected chi connectivity index (χ4v) is 1.92. The van der Waals surface area contributed by atoms with Crippen LogP contribution in [-0.2, 0) is 0 Å². The van der Waals surface area contributed by atoms with E-state index in [1.807, 2.05) is 20.8 Å². The van der Waals surface area contributed by atoms with Crippen LogP contribution in [0, 0.1) is 0 Å². The van der Waals surface area contributed by atoms with Gasteiger partial charge < -0.3 is 10.4 Å². The van der Waals surface area contributed by atoms with E-state index in [9.17, 15) is 9.90 Å². The molecule has 0 bridgehead atoms. The van der Waals surface area contributed by atoms with Crippen LogP contribution in [0.25, 0.3) is 10.9 Å². The third kappa shape index (κ3) is 2.43. The molecular formula is C13H15ClN2O2. The first-order chi connectivity index (χ1) is 8.28. The minimum atomic E-state index is -0.378. The molecule has 0 saturated heterocycles. The minimum absolute atomic E-state index is 0.103. The summed E-state index contributed by atoms with van der Waals surface area (Å²) in [6.45, 7) is 5.63. The molecule has 2 N–H and O–H groups in total. The highest BCUT2D eigenvalue weighted by Crippen LogP contribution is 2.27. The predicted octanol–water partition coefficient (Wildman–Crippen LogP) is 3.36. The molecule has 2 aromatic rings. The monoisotopic (exact) mass is 266 g/mol. The topological polar surface area (TPSA) is 54.3 Å². The molecule has 0 fully saturated rings. The van der Waals surface area contributed by atoms with Gasteiger partial charge in [-0.3, -0.25) is 0 Å². The third-order valence-electron chi connectivity index (χ3n) is 2.43. The highest BCUT2D eigenvalue weighted by Gasteiger charge is 2.19. The third-order valence-corrected chi connectivity index (χ3v) is 2.67. The molecule has 0 aliphatic carbocycles. The molecule has 0 saturated carbocycles. The van der Waals surface area contributed by atoms with Crippen molar-refractivity contribution in [1.29, 1.82) is 0 Å². The largest absolute Gasteiger partial charge is 0.494 e. The summed E-state index contributed by atoms with van der Waals surface area (Å²) >= 11 is 5.91. The van der Waals surface area contributed by atoms with E-state index in [-0.39, 0.29) is 17.5 Å². The molecule has 1 aromatic carbocycles. The lowest BCUT2D eigenvalue weighted by Gasteiger charge is -2.21. The number of rotatable bonds is 0. The highest BCUT2D eigenvalue weighted by molar-refractivity contribution is 6.31. The molecule has 5 heteroatoms. The van der Waals surface area contributed by atoms with Crippen LogP contribution in [0.1, 0.15) is 20.8 Å². The maximum Gasteiger partial charge on any atom is 0.329 e. The lowest BCUT2D eigenvalue weighted by Crippen LogP contribution is -2.42. The Morgan fingerprint density at radius 3 is 2.61 bits per heavy atom. The molecule has 1 heterocycles. The first kappa shape index (κ1) is 12.8. The van der Waals surface area contributed by atoms with Gasteiger partial charge in [-0.2, -0.15) is 0 Å². The molecule has 0 aliphatic rings. The van der Waals surface area contributed by atoms with Crippen LogP contribution >= 0.6 is 11.6 Å². The number of amides is 1. The summed E-state index contributed by atoms with van der Waals surface area (Å²) in [5.41, 5.74) is 0.209. The Bertz CT molecular complexity index is 611. The summed E-state index contributed by atoms with van der Waals surface area (Å²) < 4.78 is 1.21. The Morgan fingerprint density at radius 1 is 1.33 bits per heavy atom. The van der Waals surface area contributed by atoms with E-state index in [0.717, 1.165) is 5.39 Å². The average Bonchev–Trinajstić information content (AvgIpc) is 2.50. The van der Waals surface area contributed by atoms with E-state index in [2.05, 4.69) is 5.32 Å². The van der Waals surface area contributed by atoms with Crippen LogP contribution in [0.2, 0.25) is 5.02 Å². The van der Waals surface area contributed by atoms with Gasteiger partial charge in [-0.25, -0.2) is 9.36 Å². The molecule has 2 rings (SSSR count). The van der Waals surface area contributed by atoms with Gasteiger partial charge in [-0.1, -0.05) is 17.7 Å². The van der Waals surface area contributed by atoms with Crippen molar-refractivity contribution in [3.05, 3.63) is 29.3 Å². The van der Waals surface area contributed by atoms with Crippen molar-refractivity contribution in [3.8, 4) is 5.88 Å². The van der Waals surface area contributed by atoms with Crippen molar-refractivity contribution < 1.29 is 9.90 Å². The Morgan fingerprint density at radius 2 is 2.00 bits per heavy atom. The lowest BCUT2D eigenvalue weighted by atomic mass is 10.1. The number of hydrogen-bond acceptors (Lipinski definition) is 2. The first-order valence-electron chi connectivity index (χ1n) is 5.60. The lowest BCUT2D eigenvalue weighted by molar-refractivity contribution is 0.231. The summed E-state index contributed by atoms with van der Waals surface area (Å²) in [5.74, 6) is -0.103. The van der Waals surface area contributed by atoms with Crippen LogP contribution in [0.4, 0.5) is 4.79 Å². The van der Waals surface area contributed by atoms with Gasteiger partial charge in [0.05, 0.1) is 5.52 Å². The van der Waals surface area contributed by atoms with Crippen molar-refractivity contribution in [2.45, 2.75) is 26.3 Å². The maximum absolute atomic E-state index is 12.1. The Hall–Kier alpha value is -1.68. The summed E-state index contributed by atoms with van der Waals surface area (Å²) in [6, 6.07) is 6.29. The van der Waals surface area contributed by atoms with E-state index in [4.69, 9.17) is 11.6 Å². The normalized spacial score (nSPS) is 11.8. The number of carbonyl (C=O) groups is 1. The molecule has 18 heavy (non-hydrogen) atoms. The number of halogens is 1. The van der Waals surface area contributed by atoms with E-state index >= 15 is 0 Å². The summed E-state index contributed by atoms with van der Waals surface area (Å²) in [4.78, 5) is 12.1. The van der Waals surface area contributed by atoms with E-state index in [1.54, 1.807) is 18.2 Å². The Balaban J connectivity index is 2.53. The van der Waals surface area contributed by atoms with Crippen LogP contribution in [0.5, 0.6) is 5.88 Å². The number of nitrogens with zero attached hydrogens (tertiary/aromatic N) is 1. The number of nitrogens with one attached hydrogen (secondary N) is 1. The second-order valence-electron chi connectivity index (χ2n) is 5.22. The fraction of sp³-hybridized carbons (Fsp3) is 0.308. The van der Waals surface area contributed by atoms with E-state index in [0.29, 0.717) is 10.5 Å². The average molecular weight is 267 g/mol. The van der Waals surface area contributed by atoms with Gasteiger partial charge in [0.2, 0.25) is 0 Å². The van der Waals surface area contributed by atoms with Crippen LogP contribution in [-0.4, -0.2) is 21.2 Å². The zero-order valence-corrected chi connectivity index (χ0v) is 11.2. The maximum atomic E-state index is 12.1. The number of carbonyl (C=O) groups excluding carboxylic acids is 1. The predicted molar refractivity (Wildman–Crippen MR) is 72.3 cm³/mol. The molecule has 1 aromatic heterocycles. The summed E-state index contributed by atoms with van der Waals surface area (Å²) in [6.07, 6.45) is 0. The Kier molecular flexibility index (Phi) is 2.99. The SMILES string of the molecule is CC(C)(C)NC(=O)n1c(O)cc2ccc(Cl)cc21. The molecule has 0 atom stereocenters. The number of hydrogen-bond donors (Lipinski definition) is 2. The van der Waals surface area contributed by atoms with Gasteiger partial charge in [-0.05, 0) is 32.9 Å². The second kappa shape index (κ2) is 4.21. The number of benzene rings is 1. The summed E-state index contributed by atoms with van der Waals surface area (Å²) in [5, 5.41) is 13.9. The molecule has 4 nitrogen and oxygen atoms in total. The van der Waals surface area contributed by atoms with Gasteiger partial charge >= 0.3 is 6.03 Å². The number of aromatic hydroxyl groups is 1. The molecule has 0 radical (unpaired) electrons. The van der Waals surface area contributed by atoms with Gasteiger partial charge in [0.1, 0.15) is 0 Å². The van der Waals surface area contributed by atoms with Crippen molar-refractivity contribution in [2.24, 2.45) is 0 Å². The fourth-order valence-electron chi connectivity index (χ4n) is 1.75. The Labute approximate surface area is 110 Å². The standard InChI is InChI=1S/C13H15ClN2O2/c1-13(2,3)15-12(18)16-10-7-9(14)5-4-8(10)6-11(16)17/h4-7,17H,1-3H3,(H,15,18). The highest BCUT2D eigenvalue weighted by atomic mass is 35.5. The van der Waals surface area contributed by atoms with Gasteiger partial charge in [0.25, 0.3) is 0 Å². The van der Waals surface area contributed by atoms with Gasteiger partial charge in [-0.15, -0.1) is 0 Å². The van der Waals surface area contributed by atoms with Gasteiger partial charge in [0.15, 0.2) is 5.88 Å². The van der Waals surface area contributed by atoms with Crippen LogP contribution in [0.15, 0.2) is 24.3 Å². The molecule has 96 valence electrons. The smallest absolute Gasteiger partial charge is 0.329 e. The van der Waals surface area contributed by atoms with Gasteiger partial charge in [0, 0.05) is 22.0 Å². The van der Waals surface area contributed by atoms with Crippen LogP contribution in [0.3, 0.4) is 0 Å². The minimum Gasteiger partial charge on any atom is -0.494 e. The van der Waals surface area contributed by atoms with E-state index in [1.165, 1.54) is 10.6 Å². The van der Waals surface area contributed by atoms with Crippen molar-refractivity contribution >= 4 is 28.5 Å². The molecular weight excluding hydrogens is 252 g/mol. The molecule has 0 aliphatic heterocycles. The number of fused-ring (bicyclic) bond motifs is 1. The van der Waals surface area contributed by atoms with E-state index < -0.39 is 0 Å². The summed E-state index contributed by atoms with van der Waals surface area (Å²) in [7, 11) is 0.